The largest absolute Gasteiger partial charge is 0.298 e. The van der Waals surface area contributed by atoms with Crippen LogP contribution in [0.2, 0.25) is 0 Å². The highest BCUT2D eigenvalue weighted by Crippen LogP contribution is 2.39. The zero-order valence-corrected chi connectivity index (χ0v) is 10.6. The zero-order chi connectivity index (χ0) is 10.8. The van der Waals surface area contributed by atoms with Gasteiger partial charge in [0.2, 0.25) is 0 Å². The molecule has 1 aliphatic heterocycles. The highest BCUT2D eigenvalue weighted by atomic mass is 15.2. The molecule has 1 aliphatic carbocycles. The van der Waals surface area contributed by atoms with Crippen LogP contribution in [-0.2, 0) is 0 Å². The molecule has 0 aromatic rings. The molecule has 2 unspecified atom stereocenters. The Hall–Kier alpha value is -0.0400. The Bertz CT molecular complexity index is 157. The summed E-state index contributed by atoms with van der Waals surface area (Å²) in [5, 5.41) is 0. The lowest BCUT2D eigenvalue weighted by atomic mass is 10.0. The lowest BCUT2D eigenvalue weighted by Gasteiger charge is -2.32. The summed E-state index contributed by atoms with van der Waals surface area (Å²) < 4.78 is 0. The van der Waals surface area contributed by atoms with Gasteiger partial charge in [-0.3, -0.25) is 4.90 Å². The fourth-order valence-electron chi connectivity index (χ4n) is 2.78. The van der Waals surface area contributed by atoms with E-state index >= 15 is 0 Å². The summed E-state index contributed by atoms with van der Waals surface area (Å²) in [5.74, 6) is 2.09. The second-order valence-corrected chi connectivity index (χ2v) is 5.53. The number of hydrogen-bond acceptors (Lipinski definition) is 1. The second-order valence-electron chi connectivity index (χ2n) is 5.53. The van der Waals surface area contributed by atoms with Gasteiger partial charge in [0.05, 0.1) is 0 Å². The first-order valence-electron chi connectivity index (χ1n) is 6.32. The Morgan fingerprint density at radius 3 is 1.71 bits per heavy atom. The van der Waals surface area contributed by atoms with Gasteiger partial charge in [-0.15, -0.1) is 0 Å². The molecule has 84 valence electrons. The molecule has 0 bridgehead atoms. The first kappa shape index (κ1) is 12.0. The van der Waals surface area contributed by atoms with Crippen molar-refractivity contribution in [2.75, 3.05) is 13.1 Å². The summed E-state index contributed by atoms with van der Waals surface area (Å²) >= 11 is 0. The molecule has 2 aliphatic rings. The van der Waals surface area contributed by atoms with Crippen molar-refractivity contribution in [3.63, 3.8) is 0 Å². The molecule has 0 amide bonds. The van der Waals surface area contributed by atoms with Gasteiger partial charge >= 0.3 is 0 Å². The molecule has 1 heterocycles. The third kappa shape index (κ3) is 2.50. The molecule has 0 spiro atoms. The lowest BCUT2D eigenvalue weighted by molar-refractivity contribution is 0.161. The van der Waals surface area contributed by atoms with E-state index in [1.165, 1.54) is 32.4 Å². The van der Waals surface area contributed by atoms with Gasteiger partial charge in [0.25, 0.3) is 0 Å². The van der Waals surface area contributed by atoms with Gasteiger partial charge in [0.15, 0.2) is 0 Å². The number of rotatable bonds is 0. The lowest BCUT2D eigenvalue weighted by Crippen LogP contribution is -2.39. The van der Waals surface area contributed by atoms with Gasteiger partial charge in [0.1, 0.15) is 0 Å². The molecule has 0 aromatic carbocycles. The van der Waals surface area contributed by atoms with E-state index in [0.29, 0.717) is 5.54 Å². The Morgan fingerprint density at radius 1 is 0.929 bits per heavy atom. The molecular formula is C13H27N. The molecule has 14 heavy (non-hydrogen) atoms. The Kier molecular flexibility index (Phi) is 4.00. The van der Waals surface area contributed by atoms with E-state index in [0.717, 1.165) is 11.8 Å². The molecule has 1 nitrogen and oxygen atoms in total. The Morgan fingerprint density at radius 2 is 1.36 bits per heavy atom. The molecule has 1 heteroatoms. The predicted octanol–water partition coefficient (Wildman–Crippen LogP) is 3.54. The third-order valence-corrected chi connectivity index (χ3v) is 3.67. The first-order valence-corrected chi connectivity index (χ1v) is 6.32. The van der Waals surface area contributed by atoms with Crippen molar-refractivity contribution in [2.45, 2.75) is 59.4 Å². The van der Waals surface area contributed by atoms with Crippen LogP contribution in [0.3, 0.4) is 0 Å². The highest BCUT2D eigenvalue weighted by Gasteiger charge is 2.39. The van der Waals surface area contributed by atoms with Crippen LogP contribution in [-0.4, -0.2) is 23.5 Å². The maximum absolute atomic E-state index is 2.67. The number of nitrogens with zero attached hydrogens (tertiary/aromatic N) is 1. The number of fused-ring (bicyclic) bond motifs is 1. The number of likely N-dealkylation sites (tertiary alicyclic amines) is 1. The van der Waals surface area contributed by atoms with Crippen LogP contribution in [0.5, 0.6) is 0 Å². The van der Waals surface area contributed by atoms with Gasteiger partial charge < -0.3 is 0 Å². The van der Waals surface area contributed by atoms with Crippen molar-refractivity contribution in [1.29, 1.82) is 0 Å². The Balaban J connectivity index is 0.000000461. The first-order chi connectivity index (χ1) is 6.57. The summed E-state index contributed by atoms with van der Waals surface area (Å²) in [7, 11) is 0. The minimum atomic E-state index is 0.407. The topological polar surface area (TPSA) is 3.24 Å². The van der Waals surface area contributed by atoms with Crippen LogP contribution in [0.15, 0.2) is 0 Å². The quantitative estimate of drug-likeness (QED) is 0.574. The minimum absolute atomic E-state index is 0.407. The average molecular weight is 197 g/mol. The van der Waals surface area contributed by atoms with E-state index in [2.05, 4.69) is 25.7 Å². The van der Waals surface area contributed by atoms with Crippen LogP contribution in [0.4, 0.5) is 0 Å². The normalized spacial score (nSPS) is 32.4. The SMILES string of the molecule is CC.CC(C)(C)N1CC2CCCC2C1. The van der Waals surface area contributed by atoms with E-state index in [9.17, 15) is 0 Å². The molecule has 2 rings (SSSR count). The molecule has 0 N–H and O–H groups in total. The van der Waals surface area contributed by atoms with E-state index in [1.807, 2.05) is 13.8 Å². The predicted molar refractivity (Wildman–Crippen MR) is 63.5 cm³/mol. The monoisotopic (exact) mass is 197 g/mol. The van der Waals surface area contributed by atoms with E-state index < -0.39 is 0 Å². The van der Waals surface area contributed by atoms with Crippen molar-refractivity contribution in [2.24, 2.45) is 11.8 Å². The molecule has 0 radical (unpaired) electrons. The fraction of sp³-hybridized carbons (Fsp3) is 1.00. The van der Waals surface area contributed by atoms with Crippen molar-refractivity contribution < 1.29 is 0 Å². The third-order valence-electron chi connectivity index (χ3n) is 3.67. The van der Waals surface area contributed by atoms with Crippen molar-refractivity contribution in [3.05, 3.63) is 0 Å². The van der Waals surface area contributed by atoms with Crippen molar-refractivity contribution in [3.8, 4) is 0 Å². The summed E-state index contributed by atoms with van der Waals surface area (Å²) in [6, 6.07) is 0. The molecule has 1 saturated carbocycles. The van der Waals surface area contributed by atoms with Gasteiger partial charge in [-0.1, -0.05) is 20.3 Å². The van der Waals surface area contributed by atoms with Crippen LogP contribution in [0.25, 0.3) is 0 Å². The summed E-state index contributed by atoms with van der Waals surface area (Å²) in [4.78, 5) is 2.67. The molecule has 2 fully saturated rings. The van der Waals surface area contributed by atoms with Crippen LogP contribution in [0, 0.1) is 11.8 Å². The molecule has 1 saturated heterocycles. The van der Waals surface area contributed by atoms with Gasteiger partial charge in [-0.05, 0) is 45.4 Å². The summed E-state index contributed by atoms with van der Waals surface area (Å²) in [5.41, 5.74) is 0.407. The molecule has 0 aromatic heterocycles. The summed E-state index contributed by atoms with van der Waals surface area (Å²) in [6.45, 7) is 13.8. The number of hydrogen-bond donors (Lipinski definition) is 0. The van der Waals surface area contributed by atoms with Crippen LogP contribution >= 0.6 is 0 Å². The molecular weight excluding hydrogens is 170 g/mol. The Labute approximate surface area is 89.9 Å². The van der Waals surface area contributed by atoms with Crippen molar-refractivity contribution >= 4 is 0 Å². The highest BCUT2D eigenvalue weighted by molar-refractivity contribution is 4.92. The van der Waals surface area contributed by atoms with Gasteiger partial charge in [-0.2, -0.15) is 0 Å². The van der Waals surface area contributed by atoms with Crippen LogP contribution in [0.1, 0.15) is 53.9 Å². The second kappa shape index (κ2) is 4.65. The maximum Gasteiger partial charge on any atom is 0.0125 e. The van der Waals surface area contributed by atoms with Crippen molar-refractivity contribution in [1.82, 2.24) is 4.90 Å². The minimum Gasteiger partial charge on any atom is -0.298 e. The van der Waals surface area contributed by atoms with E-state index in [-0.39, 0.29) is 0 Å². The standard InChI is InChI=1S/C11H21N.C2H6/c1-11(2,3)12-7-9-5-4-6-10(9)8-12;1-2/h9-10H,4-8H2,1-3H3;1-2H3. The van der Waals surface area contributed by atoms with E-state index in [4.69, 9.17) is 0 Å². The fourth-order valence-corrected chi connectivity index (χ4v) is 2.78. The molecule has 2 atom stereocenters. The zero-order valence-electron chi connectivity index (χ0n) is 10.6. The average Bonchev–Trinajstić information content (AvgIpc) is 2.63. The van der Waals surface area contributed by atoms with Gasteiger partial charge in [-0.25, -0.2) is 0 Å². The smallest absolute Gasteiger partial charge is 0.0125 e. The van der Waals surface area contributed by atoms with E-state index in [1.54, 1.807) is 0 Å². The maximum atomic E-state index is 2.67. The van der Waals surface area contributed by atoms with Crippen LogP contribution < -0.4 is 0 Å². The van der Waals surface area contributed by atoms with Gasteiger partial charge in [0, 0.05) is 18.6 Å². The summed E-state index contributed by atoms with van der Waals surface area (Å²) in [6.07, 6.45) is 4.49.